The van der Waals surface area contributed by atoms with E-state index in [0.29, 0.717) is 25.1 Å². The van der Waals surface area contributed by atoms with Crippen LogP contribution in [0.25, 0.3) is 10.8 Å². The molecule has 14 heteroatoms. The topological polar surface area (TPSA) is 170 Å². The number of pyridine rings is 1. The van der Waals surface area contributed by atoms with Crippen molar-refractivity contribution in [1.82, 2.24) is 19.9 Å². The average Bonchev–Trinajstić information content (AvgIpc) is 4.09. The summed E-state index contributed by atoms with van der Waals surface area (Å²) >= 11 is 0. The zero-order valence-corrected chi connectivity index (χ0v) is 33.0. The summed E-state index contributed by atoms with van der Waals surface area (Å²) < 4.78 is 46.0. The van der Waals surface area contributed by atoms with Gasteiger partial charge in [0.1, 0.15) is 23.4 Å². The standard InChI is InChI=1S/C41H54N4O9S/c1-5-28-22-41(28,39(49)44-55(50,51)30-13-14-30)43-36(47)33-20-29-23-45(33)38(48)32(25-10-7-6-8-11-25)21-35(46)53-24-40(2,3)16-9-12-27-18-31-26(19-34(27)52-4)15-17-42-37(31)54-29/h5,15,17-19,25,28-30,32-33H,1,6-14,16,20-24H2,2-4H3,(H,43,47)(H,44,49)/t28-,29-,32+,33+,41-/m1/s1. The van der Waals surface area contributed by atoms with Gasteiger partial charge in [-0.1, -0.05) is 39.2 Å². The van der Waals surface area contributed by atoms with E-state index in [2.05, 4.69) is 35.4 Å². The molecule has 1 saturated heterocycles. The van der Waals surface area contributed by atoms with Crippen LogP contribution >= 0.6 is 0 Å². The molecular weight excluding hydrogens is 725 g/mol. The number of carbonyl (C=O) groups is 4. The third-order valence-corrected chi connectivity index (χ3v) is 14.2. The van der Waals surface area contributed by atoms with E-state index in [1.807, 2.05) is 18.2 Å². The van der Waals surface area contributed by atoms with Gasteiger partial charge in [-0.3, -0.25) is 23.9 Å². The van der Waals surface area contributed by atoms with E-state index in [1.54, 1.807) is 13.3 Å². The van der Waals surface area contributed by atoms with Gasteiger partial charge in [0.05, 0.1) is 37.9 Å². The van der Waals surface area contributed by atoms with E-state index in [9.17, 15) is 27.6 Å². The molecule has 55 heavy (non-hydrogen) atoms. The lowest BCUT2D eigenvalue weighted by atomic mass is 9.77. The third-order valence-electron chi connectivity index (χ3n) is 12.4. The minimum absolute atomic E-state index is 0.0451. The summed E-state index contributed by atoms with van der Waals surface area (Å²) in [5.41, 5.74) is -0.860. The molecule has 7 rings (SSSR count). The highest BCUT2D eigenvalue weighted by atomic mass is 32.2. The Balaban J connectivity index is 1.24. The Hall–Kier alpha value is -4.20. The van der Waals surface area contributed by atoms with Gasteiger partial charge in [0.25, 0.3) is 5.91 Å². The van der Waals surface area contributed by atoms with Gasteiger partial charge in [-0.15, -0.1) is 6.58 Å². The summed E-state index contributed by atoms with van der Waals surface area (Å²) in [5.74, 6) is -2.36. The van der Waals surface area contributed by atoms with Crippen LogP contribution in [0, 0.1) is 23.2 Å². The molecular formula is C41H54N4O9S. The highest BCUT2D eigenvalue weighted by molar-refractivity contribution is 7.91. The molecule has 4 fully saturated rings. The molecule has 2 aromatic rings. The predicted molar refractivity (Wildman–Crippen MR) is 204 cm³/mol. The van der Waals surface area contributed by atoms with E-state index in [1.165, 1.54) is 11.0 Å². The maximum Gasteiger partial charge on any atom is 0.306 e. The van der Waals surface area contributed by atoms with Crippen LogP contribution in [0.4, 0.5) is 0 Å². The number of amides is 3. The highest BCUT2D eigenvalue weighted by Crippen LogP contribution is 2.46. The van der Waals surface area contributed by atoms with Crippen LogP contribution in [0.15, 0.2) is 37.1 Å². The number of carbonyl (C=O) groups excluding carboxylic acids is 4. The number of methoxy groups -OCH3 is 1. The number of sulfonamides is 1. The van der Waals surface area contributed by atoms with E-state index in [4.69, 9.17) is 14.2 Å². The monoisotopic (exact) mass is 778 g/mol. The molecule has 1 aromatic heterocycles. The van der Waals surface area contributed by atoms with Gasteiger partial charge in [-0.25, -0.2) is 13.4 Å². The van der Waals surface area contributed by atoms with E-state index in [-0.39, 0.29) is 49.7 Å². The van der Waals surface area contributed by atoms with Crippen molar-refractivity contribution >= 4 is 44.5 Å². The minimum atomic E-state index is -3.88. The number of rotatable bonds is 8. The molecule has 0 spiro atoms. The minimum Gasteiger partial charge on any atom is -0.496 e. The van der Waals surface area contributed by atoms with Gasteiger partial charge in [0, 0.05) is 23.9 Å². The summed E-state index contributed by atoms with van der Waals surface area (Å²) in [7, 11) is -2.25. The predicted octanol–water partition coefficient (Wildman–Crippen LogP) is 4.75. The van der Waals surface area contributed by atoms with E-state index >= 15 is 0 Å². The molecule has 5 atom stereocenters. The van der Waals surface area contributed by atoms with Crippen LogP contribution in [0.1, 0.15) is 96.5 Å². The number of ether oxygens (including phenoxy) is 3. The maximum absolute atomic E-state index is 14.9. The van der Waals surface area contributed by atoms with Crippen molar-refractivity contribution in [1.29, 1.82) is 0 Å². The summed E-state index contributed by atoms with van der Waals surface area (Å²) in [6.45, 7) is 8.19. The Morgan fingerprint density at radius 2 is 1.85 bits per heavy atom. The lowest BCUT2D eigenvalue weighted by Crippen LogP contribution is -2.57. The molecule has 2 aliphatic heterocycles. The largest absolute Gasteiger partial charge is 0.496 e. The summed E-state index contributed by atoms with van der Waals surface area (Å²) in [6, 6.07) is 4.79. The smallest absolute Gasteiger partial charge is 0.306 e. The highest BCUT2D eigenvalue weighted by Gasteiger charge is 2.62. The SMILES string of the molecule is C=C[C@@H]1C[C@]1(NC(=O)[C@@H]1C[C@@H]2CN1C(=O)[C@H](C1CCCCC1)CC(=O)OCC(C)(C)CCCc1cc3c(nccc3cc1OC)O2)C(=O)NS(=O)(=O)C1CC1. The number of hydrogen-bond donors (Lipinski definition) is 2. The second kappa shape index (κ2) is 15.4. The van der Waals surface area contributed by atoms with Crippen molar-refractivity contribution < 1.29 is 41.8 Å². The summed E-state index contributed by atoms with van der Waals surface area (Å²) in [5, 5.41) is 3.88. The first kappa shape index (κ1) is 39.1. The number of cyclic esters (lactones) is 1. The van der Waals surface area contributed by atoms with Crippen molar-refractivity contribution in [3.63, 3.8) is 0 Å². The Bertz CT molecular complexity index is 1960. The van der Waals surface area contributed by atoms with Crippen LogP contribution in [-0.2, 0) is 40.4 Å². The van der Waals surface area contributed by atoms with Gasteiger partial charge in [0.15, 0.2) is 0 Å². The van der Waals surface area contributed by atoms with Crippen LogP contribution < -0.4 is 19.5 Å². The quantitative estimate of drug-likeness (QED) is 0.282. The first-order chi connectivity index (χ1) is 26.2. The molecule has 3 aliphatic carbocycles. The fraction of sp³-hybridized carbons (Fsp3) is 0.634. The number of esters is 1. The van der Waals surface area contributed by atoms with Gasteiger partial charge in [-0.2, -0.15) is 0 Å². The molecule has 0 radical (unpaired) electrons. The second-order valence-electron chi connectivity index (χ2n) is 17.1. The maximum atomic E-state index is 14.9. The Morgan fingerprint density at radius 3 is 2.55 bits per heavy atom. The molecule has 1 aromatic carbocycles. The molecule has 0 unspecified atom stereocenters. The molecule has 2 N–H and O–H groups in total. The van der Waals surface area contributed by atoms with Crippen molar-refractivity contribution in [3.8, 4) is 11.6 Å². The van der Waals surface area contributed by atoms with Crippen molar-refractivity contribution in [2.24, 2.45) is 23.2 Å². The van der Waals surface area contributed by atoms with Crippen molar-refractivity contribution in [2.45, 2.75) is 120 Å². The zero-order chi connectivity index (χ0) is 39.1. The Kier molecular flexibility index (Phi) is 10.9. The summed E-state index contributed by atoms with van der Waals surface area (Å²) in [6.07, 6.45) is 10.4. The van der Waals surface area contributed by atoms with Crippen LogP contribution in [0.2, 0.25) is 0 Å². The number of nitrogens with one attached hydrogen (secondary N) is 2. The van der Waals surface area contributed by atoms with E-state index < -0.39 is 62.6 Å². The fourth-order valence-corrected chi connectivity index (χ4v) is 10.2. The first-order valence-corrected chi connectivity index (χ1v) is 21.4. The second-order valence-corrected chi connectivity index (χ2v) is 19.0. The van der Waals surface area contributed by atoms with Gasteiger partial charge < -0.3 is 24.4 Å². The van der Waals surface area contributed by atoms with Crippen molar-refractivity contribution in [3.05, 3.63) is 42.6 Å². The molecule has 13 nitrogen and oxygen atoms in total. The molecule has 5 aliphatic rings. The first-order valence-electron chi connectivity index (χ1n) is 19.8. The average molecular weight is 779 g/mol. The summed E-state index contributed by atoms with van der Waals surface area (Å²) in [4.78, 5) is 62.6. The number of hydrogen-bond acceptors (Lipinski definition) is 10. The molecule has 298 valence electrons. The molecule has 3 amide bonds. The van der Waals surface area contributed by atoms with Crippen LogP contribution in [-0.4, -0.2) is 85.2 Å². The molecule has 3 heterocycles. The number of aromatic nitrogens is 1. The van der Waals surface area contributed by atoms with Gasteiger partial charge >= 0.3 is 5.97 Å². The van der Waals surface area contributed by atoms with Crippen molar-refractivity contribution in [2.75, 3.05) is 20.3 Å². The lowest BCUT2D eigenvalue weighted by molar-refractivity contribution is -0.154. The van der Waals surface area contributed by atoms with Gasteiger partial charge in [0.2, 0.25) is 27.7 Å². The number of benzene rings is 1. The number of nitrogens with zero attached hydrogens (tertiary/aromatic N) is 2. The Morgan fingerprint density at radius 1 is 1.09 bits per heavy atom. The lowest BCUT2D eigenvalue weighted by Gasteiger charge is -2.34. The van der Waals surface area contributed by atoms with Gasteiger partial charge in [-0.05, 0) is 91.8 Å². The fourth-order valence-electron chi connectivity index (χ4n) is 8.80. The van der Waals surface area contributed by atoms with Crippen LogP contribution in [0.3, 0.4) is 0 Å². The Labute approximate surface area is 323 Å². The number of fused-ring (bicyclic) bond motifs is 3. The molecule has 3 saturated carbocycles. The third kappa shape index (κ3) is 8.34. The van der Waals surface area contributed by atoms with Crippen LogP contribution in [0.5, 0.6) is 11.6 Å². The van der Waals surface area contributed by atoms with E-state index in [0.717, 1.165) is 67.0 Å². The zero-order valence-electron chi connectivity index (χ0n) is 32.1. The molecule has 4 bridgehead atoms. The number of aryl methyl sites for hydroxylation is 1. The normalized spacial score (nSPS) is 29.0.